The van der Waals surface area contributed by atoms with Gasteiger partial charge >= 0.3 is 0 Å². The maximum Gasteiger partial charge on any atom is 0.126 e. The number of rotatable bonds is 5. The molecule has 0 radical (unpaired) electrons. The molecular weight excluding hydrogens is 304 g/mol. The van der Waals surface area contributed by atoms with E-state index in [4.69, 9.17) is 10.5 Å². The number of halogens is 1. The number of aromatic nitrogens is 1. The number of aryl methyl sites for hydroxylation is 1. The Bertz CT molecular complexity index is 543. The van der Waals surface area contributed by atoms with Crippen LogP contribution in [0.4, 0.5) is 0 Å². The minimum absolute atomic E-state index is 0.471. The fourth-order valence-corrected chi connectivity index (χ4v) is 2.58. The summed E-state index contributed by atoms with van der Waals surface area (Å²) in [6.45, 7) is 3.10. The van der Waals surface area contributed by atoms with E-state index in [-0.39, 0.29) is 0 Å². The SMILES string of the molecule is Cc1cc(Br)cc(CN)c1OCCc1ccccn1. The predicted molar refractivity (Wildman–Crippen MR) is 80.2 cm³/mol. The molecule has 0 atom stereocenters. The van der Waals surface area contributed by atoms with Gasteiger partial charge in [0.2, 0.25) is 0 Å². The first-order valence-corrected chi connectivity index (χ1v) is 7.02. The molecule has 0 bridgehead atoms. The first-order chi connectivity index (χ1) is 9.20. The summed E-state index contributed by atoms with van der Waals surface area (Å²) in [5.41, 5.74) is 8.91. The van der Waals surface area contributed by atoms with Gasteiger partial charge in [0.1, 0.15) is 5.75 Å². The fourth-order valence-electron chi connectivity index (χ4n) is 1.96. The summed E-state index contributed by atoms with van der Waals surface area (Å²) in [4.78, 5) is 4.28. The zero-order valence-electron chi connectivity index (χ0n) is 10.9. The normalized spacial score (nSPS) is 10.5. The summed E-state index contributed by atoms with van der Waals surface area (Å²) >= 11 is 3.47. The zero-order chi connectivity index (χ0) is 13.7. The van der Waals surface area contributed by atoms with Crippen LogP contribution in [-0.2, 0) is 13.0 Å². The van der Waals surface area contributed by atoms with Crippen molar-refractivity contribution < 1.29 is 4.74 Å². The van der Waals surface area contributed by atoms with Crippen LogP contribution in [0, 0.1) is 6.92 Å². The molecule has 4 heteroatoms. The Morgan fingerprint density at radius 3 is 2.84 bits per heavy atom. The molecule has 100 valence electrons. The molecule has 2 N–H and O–H groups in total. The van der Waals surface area contributed by atoms with Gasteiger partial charge in [-0.2, -0.15) is 0 Å². The zero-order valence-corrected chi connectivity index (χ0v) is 12.5. The second kappa shape index (κ2) is 6.68. The monoisotopic (exact) mass is 320 g/mol. The summed E-state index contributed by atoms with van der Waals surface area (Å²) in [5.74, 6) is 0.890. The number of hydrogen-bond acceptors (Lipinski definition) is 3. The second-order valence-electron chi connectivity index (χ2n) is 4.33. The molecule has 2 aromatic rings. The molecule has 0 saturated heterocycles. The molecule has 0 aliphatic heterocycles. The Hall–Kier alpha value is -1.39. The quantitative estimate of drug-likeness (QED) is 0.920. The molecule has 1 heterocycles. The lowest BCUT2D eigenvalue weighted by Crippen LogP contribution is -2.08. The lowest BCUT2D eigenvalue weighted by atomic mass is 10.1. The minimum Gasteiger partial charge on any atom is -0.493 e. The van der Waals surface area contributed by atoms with Crippen molar-refractivity contribution in [1.29, 1.82) is 0 Å². The Kier molecular flexibility index (Phi) is 4.93. The molecule has 1 aromatic heterocycles. The van der Waals surface area contributed by atoms with Crippen molar-refractivity contribution in [3.63, 3.8) is 0 Å². The van der Waals surface area contributed by atoms with Crippen molar-refractivity contribution in [3.8, 4) is 5.75 Å². The minimum atomic E-state index is 0.471. The summed E-state index contributed by atoms with van der Waals surface area (Å²) < 4.78 is 6.91. The fraction of sp³-hybridized carbons (Fsp3) is 0.267. The van der Waals surface area contributed by atoms with E-state index in [2.05, 4.69) is 20.9 Å². The highest BCUT2D eigenvalue weighted by Crippen LogP contribution is 2.27. The predicted octanol–water partition coefficient (Wildman–Crippen LogP) is 3.23. The Morgan fingerprint density at radius 2 is 2.16 bits per heavy atom. The van der Waals surface area contributed by atoms with E-state index in [1.54, 1.807) is 6.20 Å². The van der Waals surface area contributed by atoms with Crippen LogP contribution in [0.2, 0.25) is 0 Å². The average molecular weight is 321 g/mol. The highest BCUT2D eigenvalue weighted by molar-refractivity contribution is 9.10. The number of pyridine rings is 1. The van der Waals surface area contributed by atoms with Crippen molar-refractivity contribution in [2.45, 2.75) is 19.9 Å². The van der Waals surface area contributed by atoms with Gasteiger partial charge < -0.3 is 10.5 Å². The lowest BCUT2D eigenvalue weighted by molar-refractivity contribution is 0.315. The largest absolute Gasteiger partial charge is 0.493 e. The van der Waals surface area contributed by atoms with Gasteiger partial charge in [-0.15, -0.1) is 0 Å². The number of nitrogens with two attached hydrogens (primary N) is 1. The van der Waals surface area contributed by atoms with E-state index in [9.17, 15) is 0 Å². The molecular formula is C15H17BrN2O. The third kappa shape index (κ3) is 3.78. The van der Waals surface area contributed by atoms with Crippen LogP contribution in [0.1, 0.15) is 16.8 Å². The van der Waals surface area contributed by atoms with Crippen LogP contribution >= 0.6 is 15.9 Å². The van der Waals surface area contributed by atoms with Crippen LogP contribution in [0.25, 0.3) is 0 Å². The van der Waals surface area contributed by atoms with Gasteiger partial charge in [-0.3, -0.25) is 4.98 Å². The molecule has 0 saturated carbocycles. The first-order valence-electron chi connectivity index (χ1n) is 6.22. The lowest BCUT2D eigenvalue weighted by Gasteiger charge is -2.13. The number of hydrogen-bond donors (Lipinski definition) is 1. The molecule has 0 aliphatic carbocycles. The molecule has 0 amide bonds. The molecule has 1 aromatic carbocycles. The number of benzene rings is 1. The molecule has 0 unspecified atom stereocenters. The van der Waals surface area contributed by atoms with Crippen molar-refractivity contribution in [2.75, 3.05) is 6.61 Å². The van der Waals surface area contributed by atoms with E-state index in [1.807, 2.05) is 37.3 Å². The third-order valence-corrected chi connectivity index (χ3v) is 3.32. The maximum absolute atomic E-state index is 5.88. The van der Waals surface area contributed by atoms with Gasteiger partial charge in [0.15, 0.2) is 0 Å². The van der Waals surface area contributed by atoms with E-state index in [0.29, 0.717) is 13.2 Å². The van der Waals surface area contributed by atoms with E-state index in [1.165, 1.54) is 0 Å². The summed E-state index contributed by atoms with van der Waals surface area (Å²) in [6, 6.07) is 9.94. The van der Waals surface area contributed by atoms with Crippen molar-refractivity contribution >= 4 is 15.9 Å². The standard InChI is InChI=1S/C15H17BrN2O/c1-11-8-13(16)9-12(10-17)15(11)19-7-5-14-4-2-3-6-18-14/h2-4,6,8-9H,5,7,10,17H2,1H3. The highest BCUT2D eigenvalue weighted by Gasteiger charge is 2.08. The number of nitrogens with zero attached hydrogens (tertiary/aromatic N) is 1. The van der Waals surface area contributed by atoms with Gasteiger partial charge in [0.05, 0.1) is 6.61 Å². The van der Waals surface area contributed by atoms with Crippen LogP contribution < -0.4 is 10.5 Å². The molecule has 2 rings (SSSR count). The van der Waals surface area contributed by atoms with Gasteiger partial charge in [-0.25, -0.2) is 0 Å². The van der Waals surface area contributed by atoms with E-state index in [0.717, 1.165) is 33.5 Å². The Balaban J connectivity index is 2.03. The van der Waals surface area contributed by atoms with Crippen LogP contribution in [-0.4, -0.2) is 11.6 Å². The molecule has 3 nitrogen and oxygen atoms in total. The highest BCUT2D eigenvalue weighted by atomic mass is 79.9. The van der Waals surface area contributed by atoms with E-state index >= 15 is 0 Å². The van der Waals surface area contributed by atoms with Crippen LogP contribution in [0.15, 0.2) is 41.0 Å². The molecule has 0 fully saturated rings. The summed E-state index contributed by atoms with van der Waals surface area (Å²) in [6.07, 6.45) is 2.59. The summed E-state index contributed by atoms with van der Waals surface area (Å²) in [7, 11) is 0. The van der Waals surface area contributed by atoms with Crippen LogP contribution in [0.3, 0.4) is 0 Å². The molecule has 0 spiro atoms. The van der Waals surface area contributed by atoms with Crippen molar-refractivity contribution in [3.05, 3.63) is 57.8 Å². The molecule has 19 heavy (non-hydrogen) atoms. The maximum atomic E-state index is 5.88. The molecule has 0 aliphatic rings. The van der Waals surface area contributed by atoms with Gasteiger partial charge in [-0.05, 0) is 36.8 Å². The van der Waals surface area contributed by atoms with Crippen LogP contribution in [0.5, 0.6) is 5.75 Å². The Labute approximate surface area is 121 Å². The third-order valence-electron chi connectivity index (χ3n) is 2.87. The van der Waals surface area contributed by atoms with Crippen molar-refractivity contribution in [2.24, 2.45) is 5.73 Å². The topological polar surface area (TPSA) is 48.1 Å². The number of ether oxygens (including phenoxy) is 1. The van der Waals surface area contributed by atoms with Gasteiger partial charge in [-0.1, -0.05) is 22.0 Å². The average Bonchev–Trinajstić information content (AvgIpc) is 2.42. The van der Waals surface area contributed by atoms with Gasteiger partial charge in [0, 0.05) is 34.9 Å². The summed E-state index contributed by atoms with van der Waals surface area (Å²) in [5, 5.41) is 0. The Morgan fingerprint density at radius 1 is 1.32 bits per heavy atom. The second-order valence-corrected chi connectivity index (χ2v) is 5.25. The van der Waals surface area contributed by atoms with Crippen molar-refractivity contribution in [1.82, 2.24) is 4.98 Å². The van der Waals surface area contributed by atoms with Gasteiger partial charge in [0.25, 0.3) is 0 Å². The smallest absolute Gasteiger partial charge is 0.126 e. The van der Waals surface area contributed by atoms with E-state index < -0.39 is 0 Å². The first kappa shape index (κ1) is 14.0.